The molecule has 0 fully saturated rings. The van der Waals surface area contributed by atoms with E-state index in [2.05, 4.69) is 10.3 Å². The van der Waals surface area contributed by atoms with E-state index in [9.17, 15) is 9.18 Å². The number of amidine groups is 1. The van der Waals surface area contributed by atoms with Gasteiger partial charge in [0.05, 0.1) is 16.1 Å². The van der Waals surface area contributed by atoms with Crippen LogP contribution in [-0.4, -0.2) is 16.8 Å². The summed E-state index contributed by atoms with van der Waals surface area (Å²) in [4.78, 5) is 17.7. The number of nitrogens with one attached hydrogen (secondary N) is 1. The van der Waals surface area contributed by atoms with E-state index in [0.717, 1.165) is 27.8 Å². The number of fused-ring (bicyclic) bond motifs is 1. The normalized spacial score (nSPS) is 19.7. The average molecular weight is 400 g/mol. The zero-order valence-corrected chi connectivity index (χ0v) is 16.3. The topological polar surface area (TPSA) is 67.5 Å². The fourth-order valence-electron chi connectivity index (χ4n) is 3.13. The van der Waals surface area contributed by atoms with Crippen LogP contribution in [0.2, 0.25) is 0 Å². The van der Waals surface area contributed by atoms with E-state index >= 15 is 0 Å². The average Bonchev–Trinajstić information content (AvgIpc) is 3.07. The minimum Gasteiger partial charge on any atom is -0.379 e. The van der Waals surface area contributed by atoms with Gasteiger partial charge in [-0.25, -0.2) is 4.39 Å². The van der Waals surface area contributed by atoms with Crippen LogP contribution >= 0.6 is 23.1 Å². The van der Waals surface area contributed by atoms with Gasteiger partial charge in [0.15, 0.2) is 5.17 Å². The van der Waals surface area contributed by atoms with Gasteiger partial charge in [-0.15, -0.1) is 11.3 Å². The molecule has 0 aliphatic carbocycles. The molecule has 27 heavy (non-hydrogen) atoms. The molecule has 1 unspecified atom stereocenters. The Bertz CT molecular complexity index is 1030. The second kappa shape index (κ2) is 6.98. The molecule has 0 radical (unpaired) electrons. The first kappa shape index (κ1) is 18.0. The van der Waals surface area contributed by atoms with Gasteiger partial charge in [0, 0.05) is 10.5 Å². The Labute approximate surface area is 164 Å². The zero-order chi connectivity index (χ0) is 19.0. The van der Waals surface area contributed by atoms with E-state index < -0.39 is 11.4 Å². The second-order valence-electron chi connectivity index (χ2n) is 6.62. The highest BCUT2D eigenvalue weighted by atomic mass is 32.2. The molecule has 1 aromatic heterocycles. The summed E-state index contributed by atoms with van der Waals surface area (Å²) in [5, 5.41) is 4.24. The van der Waals surface area contributed by atoms with Crippen LogP contribution in [0.15, 0.2) is 53.5 Å². The summed E-state index contributed by atoms with van der Waals surface area (Å²) in [6, 6.07) is 14.3. The number of nitrogens with zero attached hydrogens (tertiary/aromatic N) is 1. The van der Waals surface area contributed by atoms with Gasteiger partial charge in [-0.05, 0) is 48.6 Å². The number of nitrogens with two attached hydrogens (primary N) is 1. The number of hydrogen-bond donors (Lipinski definition) is 2. The number of thiophene rings is 1. The van der Waals surface area contributed by atoms with E-state index in [-0.39, 0.29) is 11.6 Å². The molecule has 3 N–H and O–H groups in total. The van der Waals surface area contributed by atoms with Crippen LogP contribution in [0.3, 0.4) is 0 Å². The van der Waals surface area contributed by atoms with Crippen molar-refractivity contribution in [3.05, 3.63) is 64.8 Å². The van der Waals surface area contributed by atoms with Crippen LogP contribution in [0.1, 0.15) is 28.6 Å². The molecule has 0 saturated heterocycles. The highest BCUT2D eigenvalue weighted by Gasteiger charge is 2.30. The Kier molecular flexibility index (Phi) is 4.65. The van der Waals surface area contributed by atoms with Crippen molar-refractivity contribution in [3.63, 3.8) is 0 Å². The van der Waals surface area contributed by atoms with Crippen molar-refractivity contribution < 1.29 is 9.18 Å². The van der Waals surface area contributed by atoms with E-state index in [1.807, 2.05) is 37.3 Å². The standard InChI is InChI=1S/C20H18FN3OS2/c1-20(8-9-26-19(22)24-20)13-6-7-14(21)15(11-13)23-18(25)17-10-12-4-2-3-5-16(12)27-17/h2-7,10-11H,8-9H2,1H3,(H2,22,24)(H,23,25). The minimum atomic E-state index is -0.514. The zero-order valence-electron chi connectivity index (χ0n) is 14.7. The third-order valence-corrected chi connectivity index (χ3v) is 6.59. The van der Waals surface area contributed by atoms with E-state index in [1.165, 1.54) is 29.2 Å². The number of carbonyl (C=O) groups is 1. The van der Waals surface area contributed by atoms with Crippen molar-refractivity contribution in [2.75, 3.05) is 11.1 Å². The van der Waals surface area contributed by atoms with Crippen molar-refractivity contribution in [3.8, 4) is 0 Å². The van der Waals surface area contributed by atoms with Gasteiger partial charge >= 0.3 is 0 Å². The Morgan fingerprint density at radius 2 is 2.07 bits per heavy atom. The van der Waals surface area contributed by atoms with Gasteiger partial charge in [-0.3, -0.25) is 9.79 Å². The lowest BCUT2D eigenvalue weighted by molar-refractivity contribution is 0.103. The van der Waals surface area contributed by atoms with Crippen molar-refractivity contribution in [1.82, 2.24) is 0 Å². The molecule has 0 saturated carbocycles. The molecule has 0 bridgehead atoms. The smallest absolute Gasteiger partial charge is 0.265 e. The molecule has 1 amide bonds. The number of thioether (sulfide) groups is 1. The monoisotopic (exact) mass is 399 g/mol. The molecule has 138 valence electrons. The van der Waals surface area contributed by atoms with Crippen molar-refractivity contribution >= 4 is 49.9 Å². The Morgan fingerprint density at radius 1 is 1.26 bits per heavy atom. The molecule has 1 aliphatic heterocycles. The van der Waals surface area contributed by atoms with E-state index in [1.54, 1.807) is 12.1 Å². The molecule has 0 spiro atoms. The Hall–Kier alpha value is -2.38. The predicted molar refractivity (Wildman–Crippen MR) is 112 cm³/mol. The van der Waals surface area contributed by atoms with Crippen LogP contribution in [0.4, 0.5) is 10.1 Å². The van der Waals surface area contributed by atoms with Crippen molar-refractivity contribution in [2.45, 2.75) is 18.9 Å². The van der Waals surface area contributed by atoms with Crippen molar-refractivity contribution in [1.29, 1.82) is 0 Å². The van der Waals surface area contributed by atoms with Crippen LogP contribution < -0.4 is 11.1 Å². The fourth-order valence-corrected chi connectivity index (χ4v) is 5.06. The summed E-state index contributed by atoms with van der Waals surface area (Å²) in [5.74, 6) is 0.0609. The van der Waals surface area contributed by atoms with E-state index in [4.69, 9.17) is 5.73 Å². The lowest BCUT2D eigenvalue weighted by Gasteiger charge is -2.30. The molecule has 2 aromatic carbocycles. The summed E-state index contributed by atoms with van der Waals surface area (Å²) in [7, 11) is 0. The number of amides is 1. The van der Waals surface area contributed by atoms with Gasteiger partial charge in [0.1, 0.15) is 5.82 Å². The molecule has 4 rings (SSSR count). The van der Waals surface area contributed by atoms with Crippen LogP contribution in [0.5, 0.6) is 0 Å². The molecule has 7 heteroatoms. The maximum atomic E-state index is 14.3. The number of hydrogen-bond acceptors (Lipinski definition) is 5. The predicted octanol–water partition coefficient (Wildman–Crippen LogP) is 4.96. The third kappa shape index (κ3) is 3.57. The number of benzene rings is 2. The Morgan fingerprint density at radius 3 is 2.85 bits per heavy atom. The summed E-state index contributed by atoms with van der Waals surface area (Å²) in [6.45, 7) is 1.98. The highest BCUT2D eigenvalue weighted by Crippen LogP contribution is 2.36. The van der Waals surface area contributed by atoms with Gasteiger partial charge in [0.2, 0.25) is 0 Å². The van der Waals surface area contributed by atoms with Gasteiger partial charge in [-0.1, -0.05) is 36.0 Å². The third-order valence-electron chi connectivity index (χ3n) is 4.68. The molecular weight excluding hydrogens is 381 g/mol. The molecule has 1 aliphatic rings. The van der Waals surface area contributed by atoms with Gasteiger partial charge in [-0.2, -0.15) is 0 Å². The first-order valence-corrected chi connectivity index (χ1v) is 10.3. The van der Waals surface area contributed by atoms with Gasteiger partial charge in [0.25, 0.3) is 5.91 Å². The molecular formula is C20H18FN3OS2. The molecule has 2 heterocycles. The fraction of sp³-hybridized carbons (Fsp3) is 0.200. The van der Waals surface area contributed by atoms with Crippen LogP contribution in [-0.2, 0) is 5.54 Å². The largest absolute Gasteiger partial charge is 0.379 e. The van der Waals surface area contributed by atoms with E-state index in [0.29, 0.717) is 10.0 Å². The molecule has 1 atom stereocenters. The lowest BCUT2D eigenvalue weighted by Crippen LogP contribution is -2.29. The maximum absolute atomic E-state index is 14.3. The summed E-state index contributed by atoms with van der Waals surface area (Å²) >= 11 is 2.90. The number of halogens is 1. The summed E-state index contributed by atoms with van der Waals surface area (Å²) in [5.41, 5.74) is 6.35. The number of carbonyl (C=O) groups excluding carboxylic acids is 1. The quantitative estimate of drug-likeness (QED) is 0.654. The van der Waals surface area contributed by atoms with Crippen LogP contribution in [0, 0.1) is 5.82 Å². The first-order chi connectivity index (χ1) is 12.9. The SMILES string of the molecule is CC1(c2ccc(F)c(NC(=O)c3cc4ccccc4s3)c2)CCSC(N)=N1. The van der Waals surface area contributed by atoms with Crippen molar-refractivity contribution in [2.24, 2.45) is 10.7 Å². The number of aliphatic imine (C=N–C) groups is 1. The first-order valence-electron chi connectivity index (χ1n) is 8.53. The Balaban J connectivity index is 1.63. The molecule has 4 nitrogen and oxygen atoms in total. The molecule has 3 aromatic rings. The second-order valence-corrected chi connectivity index (χ2v) is 8.82. The van der Waals surface area contributed by atoms with Gasteiger partial charge < -0.3 is 11.1 Å². The van der Waals surface area contributed by atoms with Crippen LogP contribution in [0.25, 0.3) is 10.1 Å². The minimum absolute atomic E-state index is 0.156. The number of anilines is 1. The summed E-state index contributed by atoms with van der Waals surface area (Å²) < 4.78 is 15.4. The lowest BCUT2D eigenvalue weighted by atomic mass is 9.89. The summed E-state index contributed by atoms with van der Waals surface area (Å²) in [6.07, 6.45) is 0.799. The number of rotatable bonds is 3. The maximum Gasteiger partial charge on any atom is 0.265 e. The highest BCUT2D eigenvalue weighted by molar-refractivity contribution is 8.13.